The third-order valence-electron chi connectivity index (χ3n) is 6.35. The highest BCUT2D eigenvalue weighted by Gasteiger charge is 2.28. The fourth-order valence-electron chi connectivity index (χ4n) is 4.82. The van der Waals surface area contributed by atoms with Crippen molar-refractivity contribution in [2.24, 2.45) is 0 Å². The molecular formula is C26H24N6. The number of rotatable bonds is 4. The van der Waals surface area contributed by atoms with Gasteiger partial charge in [-0.15, -0.1) is 15.3 Å². The first-order valence-electron chi connectivity index (χ1n) is 11.1. The van der Waals surface area contributed by atoms with Crippen molar-refractivity contribution in [3.05, 3.63) is 102 Å². The lowest BCUT2D eigenvalue weighted by Gasteiger charge is -2.40. The number of hydrogen-bond donors (Lipinski definition) is 0. The second-order valence-electron chi connectivity index (χ2n) is 8.22. The molecule has 0 N–H and O–H groups in total. The van der Waals surface area contributed by atoms with Crippen molar-refractivity contribution in [3.8, 4) is 0 Å². The average Bonchev–Trinajstić information content (AvgIpc) is 3.35. The number of piperazine rings is 1. The Bertz CT molecular complexity index is 1300. The van der Waals surface area contributed by atoms with Crippen molar-refractivity contribution in [2.75, 3.05) is 31.1 Å². The molecule has 0 spiro atoms. The van der Waals surface area contributed by atoms with Gasteiger partial charge in [-0.2, -0.15) is 4.52 Å². The summed E-state index contributed by atoms with van der Waals surface area (Å²) in [5.74, 6) is 1.00. The molecule has 5 aromatic rings. The average molecular weight is 421 g/mol. The summed E-state index contributed by atoms with van der Waals surface area (Å²) in [5, 5.41) is 15.4. The summed E-state index contributed by atoms with van der Waals surface area (Å²) in [6.45, 7) is 3.76. The van der Waals surface area contributed by atoms with E-state index in [4.69, 9.17) is 5.10 Å². The molecule has 6 heteroatoms. The molecule has 0 amide bonds. The highest BCUT2D eigenvalue weighted by molar-refractivity contribution is 6.00. The van der Waals surface area contributed by atoms with Crippen LogP contribution in [0, 0.1) is 0 Å². The van der Waals surface area contributed by atoms with Crippen LogP contribution in [-0.4, -0.2) is 50.9 Å². The minimum Gasteiger partial charge on any atom is -0.352 e. The standard InChI is InChI=1S/C26H24N6/c1-3-9-20(10-4-1)24(21-11-5-2-6-12-21)30-15-17-31(18-16-30)26-23-14-8-7-13-22(23)25-28-27-19-32(25)29-26/h1-14,19,24H,15-18H2. The van der Waals surface area contributed by atoms with Crippen molar-refractivity contribution in [1.29, 1.82) is 0 Å². The maximum atomic E-state index is 4.87. The molecule has 0 unspecified atom stereocenters. The van der Waals surface area contributed by atoms with Gasteiger partial charge in [-0.3, -0.25) is 4.90 Å². The second-order valence-corrected chi connectivity index (χ2v) is 8.22. The monoisotopic (exact) mass is 420 g/mol. The van der Waals surface area contributed by atoms with Gasteiger partial charge < -0.3 is 4.90 Å². The third-order valence-corrected chi connectivity index (χ3v) is 6.35. The first-order chi connectivity index (χ1) is 15.9. The molecule has 0 radical (unpaired) electrons. The minimum absolute atomic E-state index is 0.254. The van der Waals surface area contributed by atoms with Gasteiger partial charge in [0.05, 0.1) is 6.04 Å². The first kappa shape index (κ1) is 19.0. The van der Waals surface area contributed by atoms with Gasteiger partial charge in [-0.05, 0) is 11.1 Å². The van der Waals surface area contributed by atoms with Crippen LogP contribution < -0.4 is 4.90 Å². The maximum Gasteiger partial charge on any atom is 0.185 e. The number of anilines is 1. The zero-order chi connectivity index (χ0) is 21.3. The van der Waals surface area contributed by atoms with Crippen LogP contribution in [0.3, 0.4) is 0 Å². The van der Waals surface area contributed by atoms with Gasteiger partial charge in [0.25, 0.3) is 0 Å². The first-order valence-corrected chi connectivity index (χ1v) is 11.1. The number of aromatic nitrogens is 4. The summed E-state index contributed by atoms with van der Waals surface area (Å²) in [6.07, 6.45) is 1.68. The van der Waals surface area contributed by atoms with Gasteiger partial charge >= 0.3 is 0 Å². The molecule has 0 saturated carbocycles. The van der Waals surface area contributed by atoms with Gasteiger partial charge in [-0.1, -0.05) is 84.9 Å². The second kappa shape index (κ2) is 8.05. The van der Waals surface area contributed by atoms with E-state index in [-0.39, 0.29) is 6.04 Å². The smallest absolute Gasteiger partial charge is 0.185 e. The summed E-state index contributed by atoms with van der Waals surface area (Å²) in [6, 6.07) is 30.2. The molecule has 2 aromatic heterocycles. The molecule has 0 aliphatic carbocycles. The van der Waals surface area contributed by atoms with Crippen molar-refractivity contribution in [1.82, 2.24) is 24.7 Å². The van der Waals surface area contributed by atoms with E-state index in [2.05, 4.69) is 98.9 Å². The largest absolute Gasteiger partial charge is 0.352 e. The van der Waals surface area contributed by atoms with Crippen LogP contribution in [0.4, 0.5) is 5.82 Å². The predicted octanol–water partition coefficient (Wildman–Crippen LogP) is 4.19. The number of nitrogens with zero attached hydrogens (tertiary/aromatic N) is 6. The van der Waals surface area contributed by atoms with Gasteiger partial charge in [0.2, 0.25) is 0 Å². The topological polar surface area (TPSA) is 49.6 Å². The normalized spacial score (nSPS) is 15.1. The molecule has 32 heavy (non-hydrogen) atoms. The quantitative estimate of drug-likeness (QED) is 0.436. The van der Waals surface area contributed by atoms with Crippen LogP contribution in [0.1, 0.15) is 17.2 Å². The summed E-state index contributed by atoms with van der Waals surface area (Å²) < 4.78 is 1.79. The summed E-state index contributed by atoms with van der Waals surface area (Å²) >= 11 is 0. The Morgan fingerprint density at radius 2 is 1.25 bits per heavy atom. The molecule has 158 valence electrons. The van der Waals surface area contributed by atoms with Gasteiger partial charge in [0.1, 0.15) is 6.33 Å². The zero-order valence-corrected chi connectivity index (χ0v) is 17.7. The lowest BCUT2D eigenvalue weighted by atomic mass is 9.96. The van der Waals surface area contributed by atoms with Crippen LogP contribution in [0.2, 0.25) is 0 Å². The Labute approximate surface area is 186 Å². The molecule has 1 aliphatic heterocycles. The van der Waals surface area contributed by atoms with E-state index in [1.54, 1.807) is 10.8 Å². The Balaban J connectivity index is 1.32. The van der Waals surface area contributed by atoms with Crippen molar-refractivity contribution < 1.29 is 0 Å². The van der Waals surface area contributed by atoms with Gasteiger partial charge in [0, 0.05) is 37.0 Å². The molecular weight excluding hydrogens is 396 g/mol. The zero-order valence-electron chi connectivity index (χ0n) is 17.7. The SMILES string of the molecule is c1ccc(C(c2ccccc2)N2CCN(c3nn4cnnc4c4ccccc34)CC2)cc1. The highest BCUT2D eigenvalue weighted by Crippen LogP contribution is 2.32. The lowest BCUT2D eigenvalue weighted by Crippen LogP contribution is -2.48. The third kappa shape index (κ3) is 3.29. The molecule has 1 saturated heterocycles. The Morgan fingerprint density at radius 3 is 1.91 bits per heavy atom. The number of hydrogen-bond acceptors (Lipinski definition) is 5. The van der Waals surface area contributed by atoms with Gasteiger partial charge in [0.15, 0.2) is 11.5 Å². The van der Waals surface area contributed by atoms with Crippen LogP contribution in [0.25, 0.3) is 16.4 Å². The molecule has 1 fully saturated rings. The highest BCUT2D eigenvalue weighted by atomic mass is 15.4. The Kier molecular flexibility index (Phi) is 4.77. The predicted molar refractivity (Wildman–Crippen MR) is 127 cm³/mol. The van der Waals surface area contributed by atoms with Crippen molar-refractivity contribution >= 4 is 22.2 Å². The van der Waals surface area contributed by atoms with Crippen LogP contribution >= 0.6 is 0 Å². The molecule has 0 bridgehead atoms. The van der Waals surface area contributed by atoms with Gasteiger partial charge in [-0.25, -0.2) is 0 Å². The van der Waals surface area contributed by atoms with E-state index >= 15 is 0 Å². The van der Waals surface area contributed by atoms with E-state index in [1.165, 1.54) is 11.1 Å². The van der Waals surface area contributed by atoms with E-state index in [0.29, 0.717) is 0 Å². The van der Waals surface area contributed by atoms with Crippen molar-refractivity contribution in [2.45, 2.75) is 6.04 Å². The number of benzene rings is 3. The fourth-order valence-corrected chi connectivity index (χ4v) is 4.82. The molecule has 6 rings (SSSR count). The van der Waals surface area contributed by atoms with Crippen molar-refractivity contribution in [3.63, 3.8) is 0 Å². The fraction of sp³-hybridized carbons (Fsp3) is 0.192. The van der Waals surface area contributed by atoms with Crippen LogP contribution in [-0.2, 0) is 0 Å². The molecule has 3 heterocycles. The lowest BCUT2D eigenvalue weighted by molar-refractivity contribution is 0.212. The molecule has 0 atom stereocenters. The van der Waals surface area contributed by atoms with Crippen LogP contribution in [0.5, 0.6) is 0 Å². The Morgan fingerprint density at radius 1 is 0.656 bits per heavy atom. The Hall–Kier alpha value is -3.77. The van der Waals surface area contributed by atoms with E-state index in [1.807, 2.05) is 6.07 Å². The summed E-state index contributed by atoms with van der Waals surface area (Å²) in [4.78, 5) is 4.98. The van der Waals surface area contributed by atoms with E-state index < -0.39 is 0 Å². The maximum absolute atomic E-state index is 4.87. The molecule has 1 aliphatic rings. The molecule has 6 nitrogen and oxygen atoms in total. The van der Waals surface area contributed by atoms with E-state index in [0.717, 1.165) is 48.4 Å². The summed E-state index contributed by atoms with van der Waals surface area (Å²) in [5.41, 5.74) is 3.47. The van der Waals surface area contributed by atoms with E-state index in [9.17, 15) is 0 Å². The van der Waals surface area contributed by atoms with Crippen LogP contribution in [0.15, 0.2) is 91.3 Å². The molecule has 3 aromatic carbocycles. The minimum atomic E-state index is 0.254. The number of fused-ring (bicyclic) bond motifs is 3. The summed E-state index contributed by atoms with van der Waals surface area (Å²) in [7, 11) is 0.